The minimum atomic E-state index is -0.852. The SMILES string of the molecule is Nc1cc(C2(C(=O)O)CCCCC2)ncn1. The van der Waals surface area contributed by atoms with E-state index in [2.05, 4.69) is 9.97 Å². The maximum atomic E-state index is 11.5. The first-order valence-electron chi connectivity index (χ1n) is 5.46. The number of nitrogens with zero attached hydrogens (tertiary/aromatic N) is 2. The van der Waals surface area contributed by atoms with Gasteiger partial charge in [0.1, 0.15) is 17.6 Å². The van der Waals surface area contributed by atoms with Crippen LogP contribution < -0.4 is 5.73 Å². The fourth-order valence-electron chi connectivity index (χ4n) is 2.37. The van der Waals surface area contributed by atoms with Crippen LogP contribution in [0.1, 0.15) is 37.8 Å². The summed E-state index contributed by atoms with van der Waals surface area (Å²) >= 11 is 0. The van der Waals surface area contributed by atoms with E-state index in [9.17, 15) is 9.90 Å². The summed E-state index contributed by atoms with van der Waals surface area (Å²) < 4.78 is 0. The smallest absolute Gasteiger partial charge is 0.315 e. The Kier molecular flexibility index (Phi) is 2.77. The number of carbonyl (C=O) groups is 1. The molecule has 1 aliphatic rings. The fraction of sp³-hybridized carbons (Fsp3) is 0.545. The van der Waals surface area contributed by atoms with Gasteiger partial charge >= 0.3 is 5.97 Å². The first kappa shape index (κ1) is 10.9. The second kappa shape index (κ2) is 4.08. The minimum absolute atomic E-state index is 0.330. The monoisotopic (exact) mass is 221 g/mol. The molecule has 5 heteroatoms. The topological polar surface area (TPSA) is 89.1 Å². The molecular formula is C11H15N3O2. The molecule has 0 atom stereocenters. The molecular weight excluding hydrogens is 206 g/mol. The molecule has 16 heavy (non-hydrogen) atoms. The van der Waals surface area contributed by atoms with Crippen molar-refractivity contribution in [1.29, 1.82) is 0 Å². The molecule has 0 aromatic carbocycles. The van der Waals surface area contributed by atoms with Crippen LogP contribution in [-0.2, 0) is 10.2 Å². The van der Waals surface area contributed by atoms with Gasteiger partial charge in [0.2, 0.25) is 0 Å². The number of aromatic nitrogens is 2. The van der Waals surface area contributed by atoms with Crippen LogP contribution in [0.3, 0.4) is 0 Å². The average molecular weight is 221 g/mol. The summed E-state index contributed by atoms with van der Waals surface area (Å²) in [6, 6.07) is 1.58. The molecule has 0 spiro atoms. The highest BCUT2D eigenvalue weighted by Gasteiger charge is 2.42. The van der Waals surface area contributed by atoms with Crippen LogP contribution in [0.4, 0.5) is 5.82 Å². The van der Waals surface area contributed by atoms with Crippen LogP contribution in [0.25, 0.3) is 0 Å². The third kappa shape index (κ3) is 1.73. The van der Waals surface area contributed by atoms with Crippen LogP contribution in [0, 0.1) is 0 Å². The molecule has 1 aliphatic carbocycles. The fourth-order valence-corrected chi connectivity index (χ4v) is 2.37. The summed E-state index contributed by atoms with van der Waals surface area (Å²) in [4.78, 5) is 19.4. The van der Waals surface area contributed by atoms with Gasteiger partial charge in [-0.2, -0.15) is 0 Å². The van der Waals surface area contributed by atoms with Gasteiger partial charge in [-0.05, 0) is 12.8 Å². The Balaban J connectivity index is 2.42. The number of carboxylic acid groups (broad SMARTS) is 1. The van der Waals surface area contributed by atoms with Crippen LogP contribution in [-0.4, -0.2) is 21.0 Å². The molecule has 0 bridgehead atoms. The number of rotatable bonds is 2. The van der Waals surface area contributed by atoms with Gasteiger partial charge in [-0.1, -0.05) is 19.3 Å². The van der Waals surface area contributed by atoms with E-state index in [-0.39, 0.29) is 0 Å². The van der Waals surface area contributed by atoms with Crippen molar-refractivity contribution in [3.8, 4) is 0 Å². The predicted molar refractivity (Wildman–Crippen MR) is 58.8 cm³/mol. The number of carboxylic acids is 1. The maximum Gasteiger partial charge on any atom is 0.315 e. The van der Waals surface area contributed by atoms with E-state index < -0.39 is 11.4 Å². The number of hydrogen-bond donors (Lipinski definition) is 2. The Hall–Kier alpha value is -1.65. The van der Waals surface area contributed by atoms with Crippen molar-refractivity contribution in [2.24, 2.45) is 0 Å². The second-order valence-corrected chi connectivity index (χ2v) is 4.28. The van der Waals surface area contributed by atoms with E-state index in [1.54, 1.807) is 6.07 Å². The third-order valence-corrected chi connectivity index (χ3v) is 3.30. The summed E-state index contributed by atoms with van der Waals surface area (Å²) in [6.07, 6.45) is 5.56. The Morgan fingerprint density at radius 2 is 2.00 bits per heavy atom. The first-order valence-corrected chi connectivity index (χ1v) is 5.46. The van der Waals surface area contributed by atoms with Gasteiger partial charge in [0.15, 0.2) is 0 Å². The molecule has 5 nitrogen and oxygen atoms in total. The second-order valence-electron chi connectivity index (χ2n) is 4.28. The quantitative estimate of drug-likeness (QED) is 0.786. The Labute approximate surface area is 93.7 Å². The van der Waals surface area contributed by atoms with E-state index in [0.717, 1.165) is 19.3 Å². The Morgan fingerprint density at radius 1 is 1.31 bits per heavy atom. The highest BCUT2D eigenvalue weighted by atomic mass is 16.4. The van der Waals surface area contributed by atoms with Gasteiger partial charge in [0, 0.05) is 6.07 Å². The number of nitrogen functional groups attached to an aromatic ring is 1. The molecule has 0 aliphatic heterocycles. The molecule has 1 aromatic rings. The van der Waals surface area contributed by atoms with E-state index in [1.807, 2.05) is 0 Å². The molecule has 1 fully saturated rings. The number of aliphatic carboxylic acids is 1. The lowest BCUT2D eigenvalue weighted by Crippen LogP contribution is -2.38. The highest BCUT2D eigenvalue weighted by molar-refractivity contribution is 5.81. The van der Waals surface area contributed by atoms with Crippen molar-refractivity contribution in [3.05, 3.63) is 18.1 Å². The molecule has 86 valence electrons. The molecule has 1 heterocycles. The zero-order chi connectivity index (χ0) is 11.6. The van der Waals surface area contributed by atoms with E-state index in [1.165, 1.54) is 6.33 Å². The van der Waals surface area contributed by atoms with Gasteiger partial charge in [0.05, 0.1) is 5.69 Å². The lowest BCUT2D eigenvalue weighted by molar-refractivity contribution is -0.145. The zero-order valence-corrected chi connectivity index (χ0v) is 9.02. The number of hydrogen-bond acceptors (Lipinski definition) is 4. The molecule has 0 unspecified atom stereocenters. The van der Waals surface area contributed by atoms with Gasteiger partial charge in [-0.25, -0.2) is 9.97 Å². The lowest BCUT2D eigenvalue weighted by atomic mass is 9.71. The van der Waals surface area contributed by atoms with E-state index in [4.69, 9.17) is 5.73 Å². The summed E-state index contributed by atoms with van der Waals surface area (Å²) in [7, 11) is 0. The largest absolute Gasteiger partial charge is 0.481 e. The van der Waals surface area contributed by atoms with Gasteiger partial charge in [-0.15, -0.1) is 0 Å². The van der Waals surface area contributed by atoms with Crippen molar-refractivity contribution in [2.45, 2.75) is 37.5 Å². The van der Waals surface area contributed by atoms with Gasteiger partial charge in [-0.3, -0.25) is 4.79 Å². The first-order chi connectivity index (χ1) is 7.65. The Morgan fingerprint density at radius 3 is 2.56 bits per heavy atom. The normalized spacial score (nSPS) is 19.2. The zero-order valence-electron chi connectivity index (χ0n) is 9.02. The molecule has 0 radical (unpaired) electrons. The van der Waals surface area contributed by atoms with Crippen molar-refractivity contribution in [2.75, 3.05) is 5.73 Å². The van der Waals surface area contributed by atoms with Crippen molar-refractivity contribution < 1.29 is 9.90 Å². The average Bonchev–Trinajstić information content (AvgIpc) is 2.30. The Bertz CT molecular complexity index is 400. The summed E-state index contributed by atoms with van der Waals surface area (Å²) in [6.45, 7) is 0. The predicted octanol–water partition coefficient (Wildman–Crippen LogP) is 1.35. The standard InChI is InChI=1S/C11H15N3O2/c12-9-6-8(13-7-14-9)11(10(15)16)4-2-1-3-5-11/h6-7H,1-5H2,(H,15,16)(H2,12,13,14). The van der Waals surface area contributed by atoms with Crippen molar-refractivity contribution in [1.82, 2.24) is 9.97 Å². The van der Waals surface area contributed by atoms with Crippen LogP contribution in [0.15, 0.2) is 12.4 Å². The molecule has 0 saturated heterocycles. The number of anilines is 1. The van der Waals surface area contributed by atoms with Crippen molar-refractivity contribution in [3.63, 3.8) is 0 Å². The van der Waals surface area contributed by atoms with Crippen LogP contribution in [0.2, 0.25) is 0 Å². The summed E-state index contributed by atoms with van der Waals surface area (Å²) in [5.74, 6) is -0.471. The van der Waals surface area contributed by atoms with Crippen LogP contribution in [0.5, 0.6) is 0 Å². The maximum absolute atomic E-state index is 11.5. The number of nitrogens with two attached hydrogens (primary N) is 1. The van der Waals surface area contributed by atoms with Crippen LogP contribution >= 0.6 is 0 Å². The van der Waals surface area contributed by atoms with Gasteiger partial charge in [0.25, 0.3) is 0 Å². The molecule has 0 amide bonds. The summed E-state index contributed by atoms with van der Waals surface area (Å²) in [5.41, 5.74) is 5.28. The lowest BCUT2D eigenvalue weighted by Gasteiger charge is -2.32. The molecule has 2 rings (SSSR count). The highest BCUT2D eigenvalue weighted by Crippen LogP contribution is 2.38. The molecule has 1 aromatic heterocycles. The third-order valence-electron chi connectivity index (χ3n) is 3.30. The minimum Gasteiger partial charge on any atom is -0.481 e. The van der Waals surface area contributed by atoms with Gasteiger partial charge < -0.3 is 10.8 Å². The molecule has 3 N–H and O–H groups in total. The summed E-state index contributed by atoms with van der Waals surface area (Å²) in [5, 5.41) is 9.43. The van der Waals surface area contributed by atoms with E-state index in [0.29, 0.717) is 24.4 Å². The van der Waals surface area contributed by atoms with E-state index >= 15 is 0 Å². The molecule has 1 saturated carbocycles. The van der Waals surface area contributed by atoms with Crippen molar-refractivity contribution >= 4 is 11.8 Å².